The van der Waals surface area contributed by atoms with Gasteiger partial charge < -0.3 is 4.52 Å². The van der Waals surface area contributed by atoms with Gasteiger partial charge in [0, 0.05) is 0 Å². The zero-order valence-corrected chi connectivity index (χ0v) is 14.9. The first-order valence-corrected chi connectivity index (χ1v) is 9.12. The lowest BCUT2D eigenvalue weighted by Crippen LogP contribution is -1.97. The van der Waals surface area contributed by atoms with E-state index in [4.69, 9.17) is 9.79 Å². The number of hydrogen-bond acceptors (Lipinski definition) is 2. The zero-order chi connectivity index (χ0) is 17.5. The lowest BCUT2D eigenvalue weighted by atomic mass is 9.91. The van der Waals surface area contributed by atoms with E-state index in [-0.39, 0.29) is 5.75 Å². The largest absolute Gasteiger partial charge is 0.524 e. The molecule has 0 atom stereocenters. The molecule has 2 aromatic rings. The minimum Gasteiger partial charge on any atom is -0.404 e. The summed E-state index contributed by atoms with van der Waals surface area (Å²) in [6.45, 7) is 9.00. The van der Waals surface area contributed by atoms with Crippen molar-refractivity contribution in [1.82, 2.24) is 0 Å². The molecule has 2 rings (SSSR count). The minimum atomic E-state index is -4.39. The minimum absolute atomic E-state index is 0.167. The Kier molecular flexibility index (Phi) is 7.50. The summed E-state index contributed by atoms with van der Waals surface area (Å²) in [6.07, 6.45) is 0. The fourth-order valence-corrected chi connectivity index (χ4v) is 2.58. The van der Waals surface area contributed by atoms with Crippen LogP contribution in [-0.2, 0) is 4.57 Å². The van der Waals surface area contributed by atoms with Crippen LogP contribution in [0.2, 0.25) is 0 Å². The van der Waals surface area contributed by atoms with Gasteiger partial charge in [-0.05, 0) is 35.1 Å². The van der Waals surface area contributed by atoms with E-state index in [1.807, 2.05) is 0 Å². The summed E-state index contributed by atoms with van der Waals surface area (Å²) in [6, 6.07) is 16.7. The van der Waals surface area contributed by atoms with Gasteiger partial charge in [0.25, 0.3) is 0 Å². The predicted octanol–water partition coefficient (Wildman–Crippen LogP) is 5.09. The van der Waals surface area contributed by atoms with Gasteiger partial charge >= 0.3 is 7.82 Å². The van der Waals surface area contributed by atoms with Crippen LogP contribution in [0.4, 0.5) is 0 Å². The van der Waals surface area contributed by atoms with Gasteiger partial charge in [-0.1, -0.05) is 70.2 Å². The Morgan fingerprint density at radius 3 is 1.52 bits per heavy atom. The van der Waals surface area contributed by atoms with Gasteiger partial charge in [0.1, 0.15) is 5.75 Å². The quantitative estimate of drug-likeness (QED) is 0.763. The van der Waals surface area contributed by atoms with Crippen molar-refractivity contribution in [1.29, 1.82) is 0 Å². The van der Waals surface area contributed by atoms with Crippen LogP contribution in [0.15, 0.2) is 54.6 Å². The molecule has 0 unspecified atom stereocenters. The molecule has 0 amide bonds. The van der Waals surface area contributed by atoms with Crippen molar-refractivity contribution in [3.05, 3.63) is 65.7 Å². The van der Waals surface area contributed by atoms with Crippen molar-refractivity contribution in [2.24, 2.45) is 0 Å². The number of phosphoric ester groups is 1. The monoisotopic (exact) mass is 336 g/mol. The maximum Gasteiger partial charge on any atom is 0.524 e. The van der Waals surface area contributed by atoms with Crippen molar-refractivity contribution >= 4 is 7.82 Å². The van der Waals surface area contributed by atoms with Crippen LogP contribution in [0.5, 0.6) is 5.75 Å². The van der Waals surface area contributed by atoms with E-state index in [0.29, 0.717) is 11.8 Å². The Hall–Kier alpha value is -1.61. The second kappa shape index (κ2) is 8.88. The second-order valence-electron chi connectivity index (χ2n) is 5.83. The highest BCUT2D eigenvalue weighted by Gasteiger charge is 2.14. The van der Waals surface area contributed by atoms with Crippen LogP contribution in [-0.4, -0.2) is 9.79 Å². The third-order valence-electron chi connectivity index (χ3n) is 3.21. The summed E-state index contributed by atoms with van der Waals surface area (Å²) in [5, 5.41) is 0. The molecule has 0 aliphatic rings. The van der Waals surface area contributed by atoms with Crippen molar-refractivity contribution in [3.63, 3.8) is 0 Å². The number of para-hydroxylation sites is 1. The van der Waals surface area contributed by atoms with Crippen molar-refractivity contribution in [2.45, 2.75) is 39.5 Å². The molecular formula is C18H25O4P. The van der Waals surface area contributed by atoms with Gasteiger partial charge in [-0.2, -0.15) is 0 Å². The smallest absolute Gasteiger partial charge is 0.404 e. The SMILES string of the molecule is CC(C)c1ccccc1C(C)C.O=P(O)(O)Oc1ccccc1. The highest BCUT2D eigenvalue weighted by molar-refractivity contribution is 7.46. The fourth-order valence-electron chi connectivity index (χ4n) is 2.18. The molecule has 0 fully saturated rings. The summed E-state index contributed by atoms with van der Waals surface area (Å²) in [7, 11) is -4.39. The Morgan fingerprint density at radius 1 is 0.783 bits per heavy atom. The molecule has 4 nitrogen and oxygen atoms in total. The molecule has 5 heteroatoms. The van der Waals surface area contributed by atoms with E-state index in [9.17, 15) is 4.57 Å². The molecule has 2 N–H and O–H groups in total. The van der Waals surface area contributed by atoms with Crippen molar-refractivity contribution in [2.75, 3.05) is 0 Å². The molecule has 0 aromatic heterocycles. The second-order valence-corrected chi connectivity index (χ2v) is 7.00. The summed E-state index contributed by atoms with van der Waals surface area (Å²) < 4.78 is 14.5. The molecular weight excluding hydrogens is 311 g/mol. The van der Waals surface area contributed by atoms with Crippen LogP contribution < -0.4 is 4.52 Å². The van der Waals surface area contributed by atoms with Crippen LogP contribution in [0.3, 0.4) is 0 Å². The first-order valence-electron chi connectivity index (χ1n) is 7.59. The summed E-state index contributed by atoms with van der Waals surface area (Å²) in [5.74, 6) is 1.45. The molecule has 0 bridgehead atoms. The number of rotatable bonds is 4. The van der Waals surface area contributed by atoms with E-state index in [0.717, 1.165) is 0 Å². The van der Waals surface area contributed by atoms with Gasteiger partial charge in [0.15, 0.2) is 0 Å². The fraction of sp³-hybridized carbons (Fsp3) is 0.333. The Morgan fingerprint density at radius 2 is 1.17 bits per heavy atom. The van der Waals surface area contributed by atoms with E-state index >= 15 is 0 Å². The summed E-state index contributed by atoms with van der Waals surface area (Å²) in [4.78, 5) is 16.7. The Bertz CT molecular complexity index is 605. The van der Waals surface area contributed by atoms with Crippen LogP contribution in [0.1, 0.15) is 50.7 Å². The van der Waals surface area contributed by atoms with Gasteiger partial charge in [-0.25, -0.2) is 4.57 Å². The topological polar surface area (TPSA) is 66.8 Å². The maximum absolute atomic E-state index is 10.3. The zero-order valence-electron chi connectivity index (χ0n) is 14.0. The van der Waals surface area contributed by atoms with Gasteiger partial charge in [-0.3, -0.25) is 9.79 Å². The molecule has 0 saturated heterocycles. The number of phosphoric acid groups is 1. The summed E-state index contributed by atoms with van der Waals surface area (Å²) >= 11 is 0. The van der Waals surface area contributed by atoms with Crippen molar-refractivity contribution in [3.8, 4) is 5.75 Å². The van der Waals surface area contributed by atoms with E-state index in [1.54, 1.807) is 18.2 Å². The average Bonchev–Trinajstić information content (AvgIpc) is 2.47. The molecule has 23 heavy (non-hydrogen) atoms. The predicted molar refractivity (Wildman–Crippen MR) is 93.7 cm³/mol. The van der Waals surface area contributed by atoms with Crippen molar-refractivity contribution < 1.29 is 18.9 Å². The molecule has 0 aliphatic heterocycles. The standard InChI is InChI=1S/C12H18.C6H7O4P/c1-9(2)11-7-5-6-8-12(11)10(3)4;7-11(8,9)10-6-4-2-1-3-5-6/h5-10H,1-4H3;1-5H,(H2,7,8,9). The first-order chi connectivity index (χ1) is 10.7. The molecule has 2 aromatic carbocycles. The molecule has 126 valence electrons. The normalized spacial score (nSPS) is 11.1. The first kappa shape index (κ1) is 19.4. The van der Waals surface area contributed by atoms with Crippen LogP contribution in [0.25, 0.3) is 0 Å². The van der Waals surface area contributed by atoms with Gasteiger partial charge in [0.2, 0.25) is 0 Å². The summed E-state index contributed by atoms with van der Waals surface area (Å²) in [5.41, 5.74) is 2.99. The Balaban J connectivity index is 0.000000231. The molecule has 0 spiro atoms. The van der Waals surface area contributed by atoms with Gasteiger partial charge in [0.05, 0.1) is 0 Å². The van der Waals surface area contributed by atoms with Crippen LogP contribution >= 0.6 is 7.82 Å². The third-order valence-corrected chi connectivity index (χ3v) is 3.66. The lowest BCUT2D eigenvalue weighted by molar-refractivity contribution is 0.283. The number of benzene rings is 2. The maximum atomic E-state index is 10.3. The highest BCUT2D eigenvalue weighted by atomic mass is 31.2. The third kappa shape index (κ3) is 7.47. The van der Waals surface area contributed by atoms with E-state index < -0.39 is 7.82 Å². The van der Waals surface area contributed by atoms with E-state index in [1.165, 1.54) is 23.3 Å². The lowest BCUT2D eigenvalue weighted by Gasteiger charge is -2.14. The molecule has 0 heterocycles. The van der Waals surface area contributed by atoms with Gasteiger partial charge in [-0.15, -0.1) is 0 Å². The molecule has 0 saturated carbocycles. The highest BCUT2D eigenvalue weighted by Crippen LogP contribution is 2.36. The van der Waals surface area contributed by atoms with Crippen LogP contribution in [0, 0.1) is 0 Å². The number of hydrogen-bond donors (Lipinski definition) is 2. The van der Waals surface area contributed by atoms with E-state index in [2.05, 4.69) is 56.5 Å². The molecule has 0 aliphatic carbocycles. The molecule has 0 radical (unpaired) electrons. The Labute approximate surface area is 138 Å². The average molecular weight is 336 g/mol.